The first-order valence-corrected chi connectivity index (χ1v) is 9.66. The lowest BCUT2D eigenvalue weighted by molar-refractivity contribution is -0.274. The summed E-state index contributed by atoms with van der Waals surface area (Å²) in [7, 11) is 0. The molecule has 0 aliphatic carbocycles. The highest BCUT2D eigenvalue weighted by Crippen LogP contribution is 2.26. The summed E-state index contributed by atoms with van der Waals surface area (Å²) in [5.41, 5.74) is 1.03. The van der Waals surface area contributed by atoms with Crippen LogP contribution in [-0.4, -0.2) is 35.6 Å². The van der Waals surface area contributed by atoms with Crippen molar-refractivity contribution in [3.63, 3.8) is 0 Å². The standard InChI is InChI=1S/C21H19F3N4O3/c22-21(23,24)31-16-7-5-15(6-8-16)25-20(29)14-3-1-11-28(13-14)19-10-9-17(26-27-19)18-4-2-12-30-18/h2,4-10,12,14H,1,3,11,13H2,(H,25,29). The molecule has 4 rings (SSSR count). The highest BCUT2D eigenvalue weighted by molar-refractivity contribution is 5.93. The molecule has 0 radical (unpaired) electrons. The number of amides is 1. The first kappa shape index (κ1) is 20.7. The SMILES string of the molecule is O=C(Nc1ccc(OC(F)(F)F)cc1)C1CCCN(c2ccc(-c3ccco3)nn2)C1. The zero-order valence-corrected chi connectivity index (χ0v) is 16.3. The quantitative estimate of drug-likeness (QED) is 0.640. The number of rotatable bonds is 5. The van der Waals surface area contributed by atoms with E-state index in [1.807, 2.05) is 17.0 Å². The first-order chi connectivity index (χ1) is 14.9. The number of benzene rings is 1. The molecule has 162 valence electrons. The number of carbonyl (C=O) groups excluding carboxylic acids is 1. The van der Waals surface area contributed by atoms with Crippen molar-refractivity contribution in [3.05, 3.63) is 54.8 Å². The molecule has 0 bridgehead atoms. The molecule has 0 saturated carbocycles. The Hall–Kier alpha value is -3.56. The monoisotopic (exact) mass is 432 g/mol. The minimum atomic E-state index is -4.75. The van der Waals surface area contributed by atoms with Crippen LogP contribution >= 0.6 is 0 Å². The second kappa shape index (κ2) is 8.66. The highest BCUT2D eigenvalue weighted by Gasteiger charge is 2.31. The topological polar surface area (TPSA) is 80.5 Å². The largest absolute Gasteiger partial charge is 0.573 e. The van der Waals surface area contributed by atoms with E-state index < -0.39 is 6.36 Å². The van der Waals surface area contributed by atoms with Crippen LogP contribution < -0.4 is 15.0 Å². The molecule has 1 aliphatic heterocycles. The molecule has 3 heterocycles. The molecule has 1 saturated heterocycles. The van der Waals surface area contributed by atoms with Crippen molar-refractivity contribution in [1.29, 1.82) is 0 Å². The smallest absolute Gasteiger partial charge is 0.463 e. The second-order valence-corrected chi connectivity index (χ2v) is 7.10. The summed E-state index contributed by atoms with van der Waals surface area (Å²) in [6.07, 6.45) is -1.68. The second-order valence-electron chi connectivity index (χ2n) is 7.10. The molecule has 1 unspecified atom stereocenters. The van der Waals surface area contributed by atoms with Gasteiger partial charge in [0.2, 0.25) is 5.91 Å². The summed E-state index contributed by atoms with van der Waals surface area (Å²) in [6, 6.07) is 12.3. The predicted molar refractivity (Wildman–Crippen MR) is 106 cm³/mol. The number of ether oxygens (including phenoxy) is 1. The molecule has 7 nitrogen and oxygen atoms in total. The van der Waals surface area contributed by atoms with Crippen LogP contribution in [0.4, 0.5) is 24.7 Å². The summed E-state index contributed by atoms with van der Waals surface area (Å²) in [6.45, 7) is 1.22. The van der Waals surface area contributed by atoms with Crippen molar-refractivity contribution in [3.8, 4) is 17.2 Å². The van der Waals surface area contributed by atoms with Crippen LogP contribution in [0.25, 0.3) is 11.5 Å². The third-order valence-corrected chi connectivity index (χ3v) is 4.90. The summed E-state index contributed by atoms with van der Waals surface area (Å²) < 4.78 is 45.9. The predicted octanol–water partition coefficient (Wildman–Crippen LogP) is 4.49. The number of halogens is 3. The number of anilines is 2. The molecule has 0 spiro atoms. The first-order valence-electron chi connectivity index (χ1n) is 9.66. The molecule has 1 fully saturated rings. The van der Waals surface area contributed by atoms with E-state index in [1.54, 1.807) is 18.4 Å². The Morgan fingerprint density at radius 1 is 1.13 bits per heavy atom. The fraction of sp³-hybridized carbons (Fsp3) is 0.286. The van der Waals surface area contributed by atoms with Gasteiger partial charge in [-0.2, -0.15) is 0 Å². The van der Waals surface area contributed by atoms with Gasteiger partial charge in [0.05, 0.1) is 12.2 Å². The van der Waals surface area contributed by atoms with E-state index in [-0.39, 0.29) is 17.6 Å². The minimum Gasteiger partial charge on any atom is -0.463 e. The van der Waals surface area contributed by atoms with E-state index in [4.69, 9.17) is 4.42 Å². The zero-order chi connectivity index (χ0) is 21.8. The van der Waals surface area contributed by atoms with Crippen molar-refractivity contribution >= 4 is 17.4 Å². The fourth-order valence-corrected chi connectivity index (χ4v) is 3.43. The molecular weight excluding hydrogens is 413 g/mol. The molecule has 10 heteroatoms. The van der Waals surface area contributed by atoms with Crippen LogP contribution in [0.1, 0.15) is 12.8 Å². The van der Waals surface area contributed by atoms with Crippen LogP contribution in [0.15, 0.2) is 59.2 Å². The van der Waals surface area contributed by atoms with Gasteiger partial charge in [0, 0.05) is 18.8 Å². The van der Waals surface area contributed by atoms with Crippen LogP contribution in [0.5, 0.6) is 5.75 Å². The maximum Gasteiger partial charge on any atom is 0.573 e. The number of alkyl halides is 3. The number of furan rings is 1. The highest BCUT2D eigenvalue weighted by atomic mass is 19.4. The Labute approximate surface area is 175 Å². The number of piperidine rings is 1. The van der Waals surface area contributed by atoms with E-state index in [0.29, 0.717) is 35.9 Å². The summed E-state index contributed by atoms with van der Waals surface area (Å²) >= 11 is 0. The van der Waals surface area contributed by atoms with Gasteiger partial charge in [0.25, 0.3) is 0 Å². The molecule has 3 aromatic rings. The molecule has 1 atom stereocenters. The van der Waals surface area contributed by atoms with Crippen LogP contribution in [0.3, 0.4) is 0 Å². The number of nitrogens with one attached hydrogen (secondary N) is 1. The number of hydrogen-bond donors (Lipinski definition) is 1. The average molecular weight is 432 g/mol. The third-order valence-electron chi connectivity index (χ3n) is 4.90. The van der Waals surface area contributed by atoms with E-state index in [1.165, 1.54) is 12.1 Å². The molecule has 31 heavy (non-hydrogen) atoms. The normalized spacial score (nSPS) is 16.7. The Bertz CT molecular complexity index is 1010. The molecule has 1 N–H and O–H groups in total. The Balaban J connectivity index is 1.36. The maximum absolute atomic E-state index is 12.7. The number of nitrogens with zero attached hydrogens (tertiary/aromatic N) is 3. The van der Waals surface area contributed by atoms with Gasteiger partial charge >= 0.3 is 6.36 Å². The number of carbonyl (C=O) groups is 1. The summed E-state index contributed by atoms with van der Waals surface area (Å²) in [4.78, 5) is 14.7. The summed E-state index contributed by atoms with van der Waals surface area (Å²) in [5, 5.41) is 11.2. The van der Waals surface area contributed by atoms with Crippen molar-refractivity contribution in [2.75, 3.05) is 23.3 Å². The third kappa shape index (κ3) is 5.33. The van der Waals surface area contributed by atoms with Crippen LogP contribution in [-0.2, 0) is 4.79 Å². The fourth-order valence-electron chi connectivity index (χ4n) is 3.43. The molecular formula is C21H19F3N4O3. The Morgan fingerprint density at radius 3 is 2.58 bits per heavy atom. The summed E-state index contributed by atoms with van der Waals surface area (Å²) in [5.74, 6) is 0.467. The maximum atomic E-state index is 12.7. The van der Waals surface area contributed by atoms with Gasteiger partial charge in [-0.05, 0) is 61.4 Å². The van der Waals surface area contributed by atoms with Crippen molar-refractivity contribution in [2.45, 2.75) is 19.2 Å². The number of aromatic nitrogens is 2. The van der Waals surface area contributed by atoms with Gasteiger partial charge in [-0.1, -0.05) is 0 Å². The lowest BCUT2D eigenvalue weighted by Gasteiger charge is -2.32. The van der Waals surface area contributed by atoms with Gasteiger partial charge in [0.1, 0.15) is 11.4 Å². The van der Waals surface area contributed by atoms with Crippen molar-refractivity contribution in [1.82, 2.24) is 10.2 Å². The average Bonchev–Trinajstić information content (AvgIpc) is 3.29. The molecule has 1 aliphatic rings. The molecule has 2 aromatic heterocycles. The number of hydrogen-bond acceptors (Lipinski definition) is 6. The van der Waals surface area contributed by atoms with Crippen molar-refractivity contribution in [2.24, 2.45) is 5.92 Å². The van der Waals surface area contributed by atoms with Crippen molar-refractivity contribution < 1.29 is 27.1 Å². The van der Waals surface area contributed by atoms with Gasteiger partial charge < -0.3 is 19.4 Å². The van der Waals surface area contributed by atoms with E-state index in [9.17, 15) is 18.0 Å². The minimum absolute atomic E-state index is 0.200. The lowest BCUT2D eigenvalue weighted by Crippen LogP contribution is -2.41. The van der Waals surface area contributed by atoms with E-state index >= 15 is 0 Å². The molecule has 1 amide bonds. The zero-order valence-electron chi connectivity index (χ0n) is 16.3. The van der Waals surface area contributed by atoms with E-state index in [0.717, 1.165) is 25.1 Å². The Kier molecular flexibility index (Phi) is 5.79. The van der Waals surface area contributed by atoms with Gasteiger partial charge in [-0.3, -0.25) is 4.79 Å². The van der Waals surface area contributed by atoms with Gasteiger partial charge in [0.15, 0.2) is 11.6 Å². The lowest BCUT2D eigenvalue weighted by atomic mass is 9.97. The van der Waals surface area contributed by atoms with E-state index in [2.05, 4.69) is 20.3 Å². The van der Waals surface area contributed by atoms with Gasteiger partial charge in [-0.15, -0.1) is 23.4 Å². The Morgan fingerprint density at radius 2 is 1.94 bits per heavy atom. The molecule has 1 aromatic carbocycles. The van der Waals surface area contributed by atoms with Gasteiger partial charge in [-0.25, -0.2) is 0 Å². The van der Waals surface area contributed by atoms with Crippen LogP contribution in [0, 0.1) is 5.92 Å². The van der Waals surface area contributed by atoms with Crippen LogP contribution in [0.2, 0.25) is 0 Å².